The van der Waals surface area contributed by atoms with Crippen LogP contribution in [0.5, 0.6) is 0 Å². The number of nitrogens with zero attached hydrogens (tertiary/aromatic N) is 2. The molecule has 80 valence electrons. The molecule has 0 aromatic carbocycles. The number of allylic oxidation sites excluding steroid dienone is 1. The minimum atomic E-state index is -0.237. The lowest BCUT2D eigenvalue weighted by Crippen LogP contribution is -2.20. The van der Waals surface area contributed by atoms with Crippen LogP contribution in [-0.4, -0.2) is 17.7 Å². The van der Waals surface area contributed by atoms with Crippen LogP contribution in [0.4, 0.5) is 0 Å². The fourth-order valence-corrected chi connectivity index (χ4v) is 1.27. The first-order chi connectivity index (χ1) is 7.29. The van der Waals surface area contributed by atoms with Gasteiger partial charge in [0.2, 0.25) is 0 Å². The number of nitrogens with two attached hydrogens (primary N) is 1. The first-order valence-electron chi connectivity index (χ1n) is 5.09. The van der Waals surface area contributed by atoms with Crippen molar-refractivity contribution >= 4 is 5.71 Å². The summed E-state index contributed by atoms with van der Waals surface area (Å²) in [5.74, 6) is 0. The molecule has 1 rings (SSSR count). The molecule has 0 radical (unpaired) electrons. The number of hydrogen-bond acceptors (Lipinski definition) is 3. The van der Waals surface area contributed by atoms with Gasteiger partial charge in [0, 0.05) is 13.2 Å². The third kappa shape index (κ3) is 3.29. The SMILES string of the molecule is CC/C=C\C(=NC)C(N)c1ccccn1. The zero-order chi connectivity index (χ0) is 11.1. The third-order valence-corrected chi connectivity index (χ3v) is 2.11. The Balaban J connectivity index is 2.83. The molecular formula is C12H17N3. The summed E-state index contributed by atoms with van der Waals surface area (Å²) in [6.07, 6.45) is 6.73. The van der Waals surface area contributed by atoms with Crippen molar-refractivity contribution in [2.24, 2.45) is 10.7 Å². The average molecular weight is 203 g/mol. The van der Waals surface area contributed by atoms with Gasteiger partial charge in [-0.25, -0.2) is 0 Å². The number of aliphatic imine (C=N–C) groups is 1. The van der Waals surface area contributed by atoms with Gasteiger partial charge >= 0.3 is 0 Å². The van der Waals surface area contributed by atoms with E-state index in [0.717, 1.165) is 17.8 Å². The molecule has 0 aliphatic rings. The van der Waals surface area contributed by atoms with Gasteiger partial charge in [0.25, 0.3) is 0 Å². The normalized spacial score (nSPS) is 14.5. The van der Waals surface area contributed by atoms with Crippen molar-refractivity contribution in [1.29, 1.82) is 0 Å². The molecule has 2 N–H and O–H groups in total. The summed E-state index contributed by atoms with van der Waals surface area (Å²) in [6.45, 7) is 2.08. The minimum Gasteiger partial charge on any atom is -0.318 e. The maximum atomic E-state index is 6.05. The van der Waals surface area contributed by atoms with Gasteiger partial charge in [-0.3, -0.25) is 9.98 Å². The van der Waals surface area contributed by atoms with Gasteiger partial charge in [0.15, 0.2) is 0 Å². The molecule has 0 bridgehead atoms. The molecule has 0 fully saturated rings. The summed E-state index contributed by atoms with van der Waals surface area (Å²) >= 11 is 0. The first kappa shape index (κ1) is 11.6. The molecule has 1 heterocycles. The van der Waals surface area contributed by atoms with Crippen LogP contribution in [0.25, 0.3) is 0 Å². The molecule has 1 unspecified atom stereocenters. The Morgan fingerprint density at radius 3 is 2.93 bits per heavy atom. The number of aromatic nitrogens is 1. The molecular weight excluding hydrogens is 186 g/mol. The van der Waals surface area contributed by atoms with E-state index in [9.17, 15) is 0 Å². The minimum absolute atomic E-state index is 0.237. The van der Waals surface area contributed by atoms with Crippen LogP contribution in [0.2, 0.25) is 0 Å². The molecule has 15 heavy (non-hydrogen) atoms. The Labute approximate surface area is 90.8 Å². The Kier molecular flexibility index (Phi) is 4.71. The van der Waals surface area contributed by atoms with Crippen molar-refractivity contribution in [1.82, 2.24) is 4.98 Å². The molecule has 0 aliphatic heterocycles. The van der Waals surface area contributed by atoms with Crippen LogP contribution in [0.3, 0.4) is 0 Å². The number of hydrogen-bond donors (Lipinski definition) is 1. The van der Waals surface area contributed by atoms with E-state index in [0.29, 0.717) is 0 Å². The smallest absolute Gasteiger partial charge is 0.0895 e. The highest BCUT2D eigenvalue weighted by Crippen LogP contribution is 2.09. The molecule has 3 nitrogen and oxygen atoms in total. The van der Waals surface area contributed by atoms with Gasteiger partial charge < -0.3 is 5.73 Å². The average Bonchev–Trinajstić information content (AvgIpc) is 2.31. The Morgan fingerprint density at radius 2 is 2.40 bits per heavy atom. The van der Waals surface area contributed by atoms with Crippen molar-refractivity contribution in [2.75, 3.05) is 7.05 Å². The second kappa shape index (κ2) is 6.09. The van der Waals surface area contributed by atoms with E-state index in [1.807, 2.05) is 30.4 Å². The highest BCUT2D eigenvalue weighted by atomic mass is 14.8. The first-order valence-corrected chi connectivity index (χ1v) is 5.09. The molecule has 3 heteroatoms. The summed E-state index contributed by atoms with van der Waals surface area (Å²) in [4.78, 5) is 8.38. The van der Waals surface area contributed by atoms with E-state index in [4.69, 9.17) is 5.73 Å². The fourth-order valence-electron chi connectivity index (χ4n) is 1.27. The fraction of sp³-hybridized carbons (Fsp3) is 0.333. The molecule has 0 saturated carbocycles. The van der Waals surface area contributed by atoms with Crippen molar-refractivity contribution in [3.05, 3.63) is 42.2 Å². The van der Waals surface area contributed by atoms with Crippen LogP contribution in [-0.2, 0) is 0 Å². The van der Waals surface area contributed by atoms with Gasteiger partial charge in [-0.1, -0.05) is 19.1 Å². The van der Waals surface area contributed by atoms with Crippen molar-refractivity contribution in [3.63, 3.8) is 0 Å². The lowest BCUT2D eigenvalue weighted by atomic mass is 10.1. The maximum absolute atomic E-state index is 6.05. The van der Waals surface area contributed by atoms with Gasteiger partial charge in [-0.05, 0) is 24.6 Å². The molecule has 1 aromatic heterocycles. The maximum Gasteiger partial charge on any atom is 0.0895 e. The monoisotopic (exact) mass is 203 g/mol. The topological polar surface area (TPSA) is 51.3 Å². The van der Waals surface area contributed by atoms with Crippen LogP contribution < -0.4 is 5.73 Å². The van der Waals surface area contributed by atoms with Crippen molar-refractivity contribution in [3.8, 4) is 0 Å². The van der Waals surface area contributed by atoms with Gasteiger partial charge in [0.1, 0.15) is 0 Å². The van der Waals surface area contributed by atoms with E-state index in [1.165, 1.54) is 0 Å². The van der Waals surface area contributed by atoms with Gasteiger partial charge in [-0.2, -0.15) is 0 Å². The van der Waals surface area contributed by atoms with Gasteiger partial charge in [-0.15, -0.1) is 0 Å². The third-order valence-electron chi connectivity index (χ3n) is 2.11. The lowest BCUT2D eigenvalue weighted by Gasteiger charge is -2.10. The van der Waals surface area contributed by atoms with E-state index >= 15 is 0 Å². The van der Waals surface area contributed by atoms with Crippen LogP contribution in [0.1, 0.15) is 25.1 Å². The summed E-state index contributed by atoms with van der Waals surface area (Å²) in [5, 5.41) is 0. The zero-order valence-corrected chi connectivity index (χ0v) is 9.22. The van der Waals surface area contributed by atoms with Crippen LogP contribution in [0.15, 0.2) is 41.5 Å². The highest BCUT2D eigenvalue weighted by molar-refractivity contribution is 5.99. The van der Waals surface area contributed by atoms with Crippen molar-refractivity contribution in [2.45, 2.75) is 19.4 Å². The van der Waals surface area contributed by atoms with E-state index in [2.05, 4.69) is 16.9 Å². The zero-order valence-electron chi connectivity index (χ0n) is 9.22. The molecule has 1 atom stereocenters. The Morgan fingerprint density at radius 1 is 1.60 bits per heavy atom. The second-order valence-corrected chi connectivity index (χ2v) is 3.19. The highest BCUT2D eigenvalue weighted by Gasteiger charge is 2.10. The quantitative estimate of drug-likeness (QED) is 0.762. The van der Waals surface area contributed by atoms with E-state index < -0.39 is 0 Å². The Bertz CT molecular complexity index is 341. The summed E-state index contributed by atoms with van der Waals surface area (Å²) in [5.41, 5.74) is 7.75. The molecule has 1 aromatic rings. The second-order valence-electron chi connectivity index (χ2n) is 3.19. The number of rotatable bonds is 4. The van der Waals surface area contributed by atoms with Crippen molar-refractivity contribution < 1.29 is 0 Å². The number of pyridine rings is 1. The van der Waals surface area contributed by atoms with E-state index in [1.54, 1.807) is 13.2 Å². The molecule has 0 spiro atoms. The summed E-state index contributed by atoms with van der Waals surface area (Å²) < 4.78 is 0. The molecule has 0 saturated heterocycles. The lowest BCUT2D eigenvalue weighted by molar-refractivity contribution is 0.904. The van der Waals surface area contributed by atoms with Crippen LogP contribution in [0, 0.1) is 0 Å². The van der Waals surface area contributed by atoms with Crippen LogP contribution >= 0.6 is 0 Å². The molecule has 0 aliphatic carbocycles. The molecule has 0 amide bonds. The van der Waals surface area contributed by atoms with Gasteiger partial charge in [0.05, 0.1) is 17.4 Å². The Hall–Kier alpha value is -1.48. The summed E-state index contributed by atoms with van der Waals surface area (Å²) in [7, 11) is 1.75. The standard InChI is InChI=1S/C12H17N3/c1-3-4-7-10(14-2)12(13)11-8-5-6-9-15-11/h4-9,12H,3,13H2,1-2H3/b7-4-,14-10?. The summed E-state index contributed by atoms with van der Waals surface area (Å²) in [6, 6.07) is 5.48. The van der Waals surface area contributed by atoms with E-state index in [-0.39, 0.29) is 6.04 Å². The largest absolute Gasteiger partial charge is 0.318 e. The predicted molar refractivity (Wildman–Crippen MR) is 64.0 cm³/mol. The predicted octanol–water partition coefficient (Wildman–Crippen LogP) is 2.12.